The van der Waals surface area contributed by atoms with Crippen molar-refractivity contribution in [1.82, 2.24) is 9.99 Å². The first-order valence-corrected chi connectivity index (χ1v) is 15.2. The topological polar surface area (TPSA) is 117 Å². The van der Waals surface area contributed by atoms with Gasteiger partial charge >= 0.3 is 6.18 Å². The number of imide groups is 1. The van der Waals surface area contributed by atoms with E-state index in [4.69, 9.17) is 16.3 Å². The third-order valence-electron chi connectivity index (χ3n) is 8.87. The first kappa shape index (κ1) is 31.3. The number of fused-ring (bicyclic) bond motifs is 3. The van der Waals surface area contributed by atoms with Crippen LogP contribution < -0.4 is 9.75 Å². The quantitative estimate of drug-likeness (QED) is 0.187. The molecule has 0 spiro atoms. The maximum atomic E-state index is 14.1. The minimum Gasteiger partial charge on any atom is -0.504 e. The molecule has 1 aliphatic heterocycles. The van der Waals surface area contributed by atoms with Gasteiger partial charge in [-0.25, -0.2) is 4.98 Å². The lowest BCUT2D eigenvalue weighted by molar-refractivity contribution is -0.141. The number of nitrogens with zero attached hydrogens (tertiary/aromatic N) is 3. The van der Waals surface area contributed by atoms with E-state index in [1.54, 1.807) is 18.2 Å². The van der Waals surface area contributed by atoms with Gasteiger partial charge in [0.2, 0.25) is 0 Å². The van der Waals surface area contributed by atoms with Gasteiger partial charge in [-0.3, -0.25) is 24.2 Å². The number of phenols is 1. The lowest BCUT2D eigenvalue weighted by Gasteiger charge is -2.42. The second-order valence-electron chi connectivity index (χ2n) is 11.3. The summed E-state index contributed by atoms with van der Waals surface area (Å²) in [6.45, 7) is 1.54. The van der Waals surface area contributed by atoms with E-state index in [9.17, 15) is 37.5 Å². The summed E-state index contributed by atoms with van der Waals surface area (Å²) in [5.41, 5.74) is 0.719. The van der Waals surface area contributed by atoms with Crippen molar-refractivity contribution in [3.63, 3.8) is 0 Å². The number of ether oxygens (including phenoxy) is 1. The molecule has 3 aliphatic carbocycles. The number of hydrazine groups is 1. The molecular formula is C31H24ClF3IN3O6. The van der Waals surface area contributed by atoms with Crippen LogP contribution in [-0.2, 0) is 25.4 Å². The van der Waals surface area contributed by atoms with Crippen LogP contribution >= 0.6 is 34.2 Å². The van der Waals surface area contributed by atoms with E-state index in [0.717, 1.165) is 16.1 Å². The van der Waals surface area contributed by atoms with Crippen LogP contribution in [0.1, 0.15) is 36.9 Å². The molecule has 2 amide bonds. The highest BCUT2D eigenvalue weighted by Crippen LogP contribution is 2.56. The van der Waals surface area contributed by atoms with Gasteiger partial charge in [0, 0.05) is 29.7 Å². The summed E-state index contributed by atoms with van der Waals surface area (Å²) in [6, 6.07) is 4.95. The first-order chi connectivity index (χ1) is 21.1. The number of halogens is 5. The number of phenolic OH excluding ortho intramolecular Hbond substituents is 1. The van der Waals surface area contributed by atoms with Gasteiger partial charge in [0.15, 0.2) is 28.9 Å². The number of allylic oxidation sites excluding steroid dienone is 6. The summed E-state index contributed by atoms with van der Waals surface area (Å²) >= 11 is 8.12. The third kappa shape index (κ3) is 4.85. The van der Waals surface area contributed by atoms with Crippen LogP contribution in [0.3, 0.4) is 0 Å². The fourth-order valence-electron chi connectivity index (χ4n) is 6.87. The summed E-state index contributed by atoms with van der Waals surface area (Å²) in [4.78, 5) is 58.5. The molecule has 14 heteroatoms. The Morgan fingerprint density at radius 2 is 1.84 bits per heavy atom. The Hall–Kier alpha value is -3.72. The van der Waals surface area contributed by atoms with Gasteiger partial charge in [0.05, 0.1) is 27.5 Å². The molecule has 0 bridgehead atoms. The fourth-order valence-corrected chi connectivity index (χ4v) is 7.72. The maximum absolute atomic E-state index is 14.1. The Morgan fingerprint density at radius 3 is 2.51 bits per heavy atom. The van der Waals surface area contributed by atoms with Gasteiger partial charge in [-0.1, -0.05) is 23.3 Å². The first-order valence-electron chi connectivity index (χ1n) is 13.8. The molecule has 1 aromatic carbocycles. The number of benzene rings is 1. The van der Waals surface area contributed by atoms with E-state index < -0.39 is 53.2 Å². The average Bonchev–Trinajstić information content (AvgIpc) is 3.24. The largest absolute Gasteiger partial charge is 0.504 e. The molecule has 4 aliphatic rings. The van der Waals surface area contributed by atoms with E-state index in [1.165, 1.54) is 27.2 Å². The number of aromatic hydroxyl groups is 1. The minimum absolute atomic E-state index is 0.0139. The van der Waals surface area contributed by atoms with Gasteiger partial charge in [0.1, 0.15) is 5.69 Å². The number of amides is 2. The number of alkyl halides is 3. The summed E-state index contributed by atoms with van der Waals surface area (Å²) in [5, 5.41) is 12.0. The van der Waals surface area contributed by atoms with Crippen molar-refractivity contribution >= 4 is 63.4 Å². The van der Waals surface area contributed by atoms with E-state index in [2.05, 4.69) is 4.98 Å². The number of hydrogen-bond acceptors (Lipinski definition) is 8. The molecule has 4 unspecified atom stereocenters. The number of hydrogen-bond donors (Lipinski definition) is 1. The van der Waals surface area contributed by atoms with Crippen LogP contribution in [0.2, 0.25) is 5.02 Å². The summed E-state index contributed by atoms with van der Waals surface area (Å²) in [7, 11) is 2.62. The lowest BCUT2D eigenvalue weighted by Crippen LogP contribution is -2.46. The zero-order valence-corrected chi connectivity index (χ0v) is 26.8. The van der Waals surface area contributed by atoms with Crippen molar-refractivity contribution in [3.8, 4) is 11.5 Å². The zero-order valence-electron chi connectivity index (χ0n) is 23.9. The van der Waals surface area contributed by atoms with Crippen LogP contribution in [0, 0.1) is 21.3 Å². The van der Waals surface area contributed by atoms with Crippen LogP contribution in [-0.4, -0.2) is 52.6 Å². The molecule has 4 atom stereocenters. The number of ketones is 2. The number of methoxy groups -OCH3 is 1. The Balaban J connectivity index is 1.45. The van der Waals surface area contributed by atoms with Crippen LogP contribution in [0.5, 0.6) is 11.5 Å². The summed E-state index contributed by atoms with van der Waals surface area (Å²) in [6.07, 6.45) is -1.58. The Morgan fingerprint density at radius 1 is 1.13 bits per heavy atom. The average molecular weight is 754 g/mol. The number of carbonyl (C=O) groups excluding carboxylic acids is 4. The van der Waals surface area contributed by atoms with Gasteiger partial charge in [-0.2, -0.15) is 18.2 Å². The van der Waals surface area contributed by atoms with Crippen molar-refractivity contribution < 1.29 is 42.2 Å². The molecule has 45 heavy (non-hydrogen) atoms. The Bertz CT molecular complexity index is 1820. The Labute approximate surface area is 273 Å². The molecule has 1 N–H and O–H groups in total. The fraction of sp³-hybridized carbons (Fsp3) is 0.323. The third-order valence-corrected chi connectivity index (χ3v) is 9.98. The van der Waals surface area contributed by atoms with Crippen molar-refractivity contribution in [2.24, 2.45) is 17.8 Å². The highest BCUT2D eigenvalue weighted by Gasteiger charge is 2.57. The summed E-state index contributed by atoms with van der Waals surface area (Å²) in [5.74, 6) is -5.70. The normalized spacial score (nSPS) is 24.7. The second-order valence-corrected chi connectivity index (χ2v) is 12.9. The van der Waals surface area contributed by atoms with Crippen LogP contribution in [0.15, 0.2) is 58.7 Å². The van der Waals surface area contributed by atoms with Gasteiger partial charge in [-0.15, -0.1) is 0 Å². The molecule has 1 aromatic heterocycles. The number of Topliss-reactive ketones (excluding diaryl/α,β-unsaturated/α-hetero) is 1. The molecule has 0 saturated carbocycles. The van der Waals surface area contributed by atoms with E-state index >= 15 is 0 Å². The van der Waals surface area contributed by atoms with Gasteiger partial charge in [-0.05, 0) is 84.2 Å². The van der Waals surface area contributed by atoms with Crippen molar-refractivity contribution in [2.45, 2.75) is 31.9 Å². The molecule has 234 valence electrons. The maximum Gasteiger partial charge on any atom is 0.433 e. The number of rotatable bonds is 4. The number of pyridine rings is 1. The molecule has 0 radical (unpaired) electrons. The zero-order chi connectivity index (χ0) is 32.7. The standard InChI is InChI=1S/C31H24ClF3IN3O6/c1-12-8-20(40)25-17(26(12)41)11-16-14(23(25)13-9-19(36)27(42)21(10-13)45-3)4-5-15-24(16)30(44)39(29(15)43)38(2)28-18(32)6-7-22(37-28)31(33,34)35/h4,6-10,15-16,23-24,42H,5,11H2,1-3H3. The molecule has 1 saturated heterocycles. The SMILES string of the molecule is COc1cc(C2C3=CCC4C(=O)N(N(C)c5nc(C(F)(F)F)ccc5Cl)C(=O)C4C3CC3=C2C(=O)C=C(C)C3=O)cc(I)c1O. The van der Waals surface area contributed by atoms with Crippen LogP contribution in [0.4, 0.5) is 19.0 Å². The van der Waals surface area contributed by atoms with E-state index in [0.29, 0.717) is 20.8 Å². The molecule has 1 fully saturated rings. The molecule has 2 heterocycles. The van der Waals surface area contributed by atoms with Crippen LogP contribution in [0.25, 0.3) is 0 Å². The van der Waals surface area contributed by atoms with Gasteiger partial charge < -0.3 is 9.84 Å². The molecule has 2 aromatic rings. The lowest BCUT2D eigenvalue weighted by atomic mass is 9.59. The molecule has 9 nitrogen and oxygen atoms in total. The molecular weight excluding hydrogens is 730 g/mol. The number of carbonyl (C=O) groups is 4. The monoisotopic (exact) mass is 753 g/mol. The number of anilines is 1. The minimum atomic E-state index is -4.79. The van der Waals surface area contributed by atoms with E-state index in [1.807, 2.05) is 22.6 Å². The Kier molecular flexibility index (Phi) is 7.62. The van der Waals surface area contributed by atoms with Crippen molar-refractivity contribution in [2.75, 3.05) is 19.2 Å². The summed E-state index contributed by atoms with van der Waals surface area (Å²) < 4.78 is 46.2. The predicted molar refractivity (Wildman–Crippen MR) is 163 cm³/mol. The second kappa shape index (κ2) is 11.0. The highest BCUT2D eigenvalue weighted by atomic mass is 127. The highest BCUT2D eigenvalue weighted by molar-refractivity contribution is 14.1. The smallest absolute Gasteiger partial charge is 0.433 e. The number of aromatic nitrogens is 1. The van der Waals surface area contributed by atoms with E-state index in [-0.39, 0.29) is 57.6 Å². The predicted octanol–water partition coefficient (Wildman–Crippen LogP) is 5.55. The van der Waals surface area contributed by atoms with Crippen molar-refractivity contribution in [1.29, 1.82) is 0 Å². The van der Waals surface area contributed by atoms with Crippen molar-refractivity contribution in [3.05, 3.63) is 78.6 Å². The molecule has 6 rings (SSSR count). The van der Waals surface area contributed by atoms with Gasteiger partial charge in [0.25, 0.3) is 11.8 Å².